The first-order valence-corrected chi connectivity index (χ1v) is 10.8. The van der Waals surface area contributed by atoms with Gasteiger partial charge in [0.05, 0.1) is 12.4 Å². The lowest BCUT2D eigenvalue weighted by molar-refractivity contribution is -0.113. The molecule has 2 heterocycles. The summed E-state index contributed by atoms with van der Waals surface area (Å²) in [6.07, 6.45) is 1.95. The van der Waals surface area contributed by atoms with Crippen LogP contribution in [0.25, 0.3) is 22.3 Å². The Bertz CT molecular complexity index is 1150. The number of carbonyl (C=O) groups is 1. The van der Waals surface area contributed by atoms with Crippen molar-refractivity contribution < 1.29 is 9.53 Å². The monoisotopic (exact) mass is 421 g/mol. The average Bonchev–Trinajstić information content (AvgIpc) is 3.37. The third-order valence-corrected chi connectivity index (χ3v) is 5.61. The summed E-state index contributed by atoms with van der Waals surface area (Å²) in [4.78, 5) is 15.7. The first kappa shape index (κ1) is 20.0. The van der Waals surface area contributed by atoms with Crippen molar-refractivity contribution in [1.82, 2.24) is 19.7 Å². The van der Waals surface area contributed by atoms with E-state index in [1.54, 1.807) is 0 Å². The molecule has 0 aliphatic rings. The summed E-state index contributed by atoms with van der Waals surface area (Å²) in [7, 11) is 0. The van der Waals surface area contributed by atoms with Crippen LogP contribution in [0.4, 0.5) is 5.69 Å². The van der Waals surface area contributed by atoms with Gasteiger partial charge in [-0.2, -0.15) is 0 Å². The first-order valence-electron chi connectivity index (χ1n) is 9.84. The van der Waals surface area contributed by atoms with Crippen molar-refractivity contribution in [3.8, 4) is 17.1 Å². The number of anilines is 1. The summed E-state index contributed by atoms with van der Waals surface area (Å²) in [5.74, 6) is 1.73. The Kier molecular flexibility index (Phi) is 6.04. The molecule has 0 fully saturated rings. The van der Waals surface area contributed by atoms with Crippen LogP contribution in [0.3, 0.4) is 0 Å². The highest BCUT2D eigenvalue weighted by Crippen LogP contribution is 2.30. The van der Waals surface area contributed by atoms with Gasteiger partial charge in [0, 0.05) is 34.9 Å². The second-order valence-corrected chi connectivity index (χ2v) is 7.54. The van der Waals surface area contributed by atoms with Gasteiger partial charge in [-0.1, -0.05) is 30.0 Å². The summed E-state index contributed by atoms with van der Waals surface area (Å²) in [6, 6.07) is 15.4. The van der Waals surface area contributed by atoms with Crippen molar-refractivity contribution in [3.05, 3.63) is 54.7 Å². The lowest BCUT2D eigenvalue weighted by atomic mass is 10.1. The molecule has 0 saturated heterocycles. The normalized spacial score (nSPS) is 11.0. The zero-order chi connectivity index (χ0) is 20.9. The number of nitrogens with zero attached hydrogens (tertiary/aromatic N) is 3. The number of hydrogen-bond donors (Lipinski definition) is 2. The molecule has 1 amide bonds. The molecule has 7 nitrogen and oxygen atoms in total. The van der Waals surface area contributed by atoms with Gasteiger partial charge < -0.3 is 19.6 Å². The van der Waals surface area contributed by atoms with E-state index in [0.29, 0.717) is 13.2 Å². The maximum Gasteiger partial charge on any atom is 0.234 e. The van der Waals surface area contributed by atoms with E-state index in [1.807, 2.05) is 67.1 Å². The fourth-order valence-corrected chi connectivity index (χ4v) is 4.07. The van der Waals surface area contributed by atoms with Gasteiger partial charge in [0.1, 0.15) is 5.75 Å². The Labute approximate surface area is 178 Å². The molecule has 0 radical (unpaired) electrons. The zero-order valence-corrected chi connectivity index (χ0v) is 17.7. The van der Waals surface area contributed by atoms with E-state index in [2.05, 4.69) is 26.6 Å². The van der Waals surface area contributed by atoms with E-state index in [1.165, 1.54) is 11.8 Å². The first-order chi connectivity index (χ1) is 14.7. The Hall–Kier alpha value is -3.26. The number of amides is 1. The largest absolute Gasteiger partial charge is 0.494 e. The minimum absolute atomic E-state index is 0.0940. The van der Waals surface area contributed by atoms with Gasteiger partial charge in [-0.05, 0) is 44.2 Å². The summed E-state index contributed by atoms with van der Waals surface area (Å²) in [5, 5.41) is 13.4. The highest BCUT2D eigenvalue weighted by molar-refractivity contribution is 7.99. The summed E-state index contributed by atoms with van der Waals surface area (Å²) < 4.78 is 7.45. The maximum absolute atomic E-state index is 12.4. The summed E-state index contributed by atoms with van der Waals surface area (Å²) >= 11 is 1.38. The smallest absolute Gasteiger partial charge is 0.234 e. The van der Waals surface area contributed by atoms with Crippen LogP contribution < -0.4 is 10.1 Å². The number of carbonyl (C=O) groups excluding carboxylic acids is 1. The van der Waals surface area contributed by atoms with Crippen molar-refractivity contribution >= 4 is 34.3 Å². The van der Waals surface area contributed by atoms with E-state index >= 15 is 0 Å². The molecule has 0 unspecified atom stereocenters. The predicted octanol–water partition coefficient (Wildman–Crippen LogP) is 4.58. The molecule has 8 heteroatoms. The standard InChI is InChI=1S/C22H23N5O2S/c1-3-27-21(18-13-23-19-8-6-5-7-17(18)19)25-26-22(27)30-14-20(28)24-15-9-11-16(12-10-15)29-4-2/h5-13,23H,3-4,14H2,1-2H3,(H,24,28). The number of para-hydroxylation sites is 1. The molecule has 0 aliphatic carbocycles. The van der Waals surface area contributed by atoms with Crippen molar-refractivity contribution in [3.63, 3.8) is 0 Å². The van der Waals surface area contributed by atoms with Gasteiger partial charge in [0.15, 0.2) is 11.0 Å². The fourth-order valence-electron chi connectivity index (χ4n) is 3.26. The molecular weight excluding hydrogens is 398 g/mol. The highest BCUT2D eigenvalue weighted by atomic mass is 32.2. The van der Waals surface area contributed by atoms with Crippen LogP contribution in [0.15, 0.2) is 59.9 Å². The Balaban J connectivity index is 1.44. The van der Waals surface area contributed by atoms with Crippen molar-refractivity contribution in [2.24, 2.45) is 0 Å². The molecule has 0 bridgehead atoms. The van der Waals surface area contributed by atoms with Crippen LogP contribution >= 0.6 is 11.8 Å². The number of aromatic nitrogens is 4. The van der Waals surface area contributed by atoms with Crippen LogP contribution in [0.5, 0.6) is 5.75 Å². The van der Waals surface area contributed by atoms with E-state index in [0.717, 1.165) is 38.9 Å². The molecule has 4 rings (SSSR count). The summed E-state index contributed by atoms with van der Waals surface area (Å²) in [5.41, 5.74) is 2.80. The van der Waals surface area contributed by atoms with Gasteiger partial charge in [0.25, 0.3) is 0 Å². The zero-order valence-electron chi connectivity index (χ0n) is 16.9. The molecule has 0 aliphatic heterocycles. The highest BCUT2D eigenvalue weighted by Gasteiger charge is 2.17. The van der Waals surface area contributed by atoms with Crippen LogP contribution in [0, 0.1) is 0 Å². The predicted molar refractivity (Wildman–Crippen MR) is 120 cm³/mol. The lowest BCUT2D eigenvalue weighted by Crippen LogP contribution is -2.14. The lowest BCUT2D eigenvalue weighted by Gasteiger charge is -2.08. The third-order valence-electron chi connectivity index (χ3n) is 4.64. The molecule has 0 saturated carbocycles. The fraction of sp³-hybridized carbons (Fsp3) is 0.227. The quantitative estimate of drug-likeness (QED) is 0.407. The van der Waals surface area contributed by atoms with Gasteiger partial charge in [-0.15, -0.1) is 10.2 Å². The van der Waals surface area contributed by atoms with E-state index in [9.17, 15) is 4.79 Å². The Morgan fingerprint density at radius 3 is 2.70 bits per heavy atom. The van der Waals surface area contributed by atoms with Crippen LogP contribution in [-0.4, -0.2) is 38.0 Å². The van der Waals surface area contributed by atoms with Gasteiger partial charge in [-0.25, -0.2) is 0 Å². The third kappa shape index (κ3) is 4.18. The molecule has 0 atom stereocenters. The van der Waals surface area contributed by atoms with Crippen LogP contribution in [0.2, 0.25) is 0 Å². The van der Waals surface area contributed by atoms with E-state index in [4.69, 9.17) is 4.74 Å². The molecule has 154 valence electrons. The Morgan fingerprint density at radius 1 is 1.13 bits per heavy atom. The number of nitrogens with one attached hydrogen (secondary N) is 2. The SMILES string of the molecule is CCOc1ccc(NC(=O)CSc2nnc(-c3c[nH]c4ccccc34)n2CC)cc1. The Morgan fingerprint density at radius 2 is 1.93 bits per heavy atom. The number of ether oxygens (including phenoxy) is 1. The number of H-pyrrole nitrogens is 1. The number of benzene rings is 2. The molecule has 2 aromatic carbocycles. The second kappa shape index (κ2) is 9.04. The summed E-state index contributed by atoms with van der Waals surface area (Å²) in [6.45, 7) is 5.31. The second-order valence-electron chi connectivity index (χ2n) is 6.59. The van der Waals surface area contributed by atoms with Gasteiger partial charge in [-0.3, -0.25) is 4.79 Å². The van der Waals surface area contributed by atoms with Gasteiger partial charge >= 0.3 is 0 Å². The average molecular weight is 422 g/mol. The molecular formula is C22H23N5O2S. The molecule has 30 heavy (non-hydrogen) atoms. The number of fused-ring (bicyclic) bond motifs is 1. The van der Waals surface area contributed by atoms with Crippen LogP contribution in [0.1, 0.15) is 13.8 Å². The van der Waals surface area contributed by atoms with Crippen molar-refractivity contribution in [2.45, 2.75) is 25.5 Å². The van der Waals surface area contributed by atoms with Crippen molar-refractivity contribution in [1.29, 1.82) is 0 Å². The molecule has 2 aromatic heterocycles. The molecule has 0 spiro atoms. The molecule has 4 aromatic rings. The van der Waals surface area contributed by atoms with Crippen LogP contribution in [-0.2, 0) is 11.3 Å². The molecule has 2 N–H and O–H groups in total. The minimum Gasteiger partial charge on any atom is -0.494 e. The number of aromatic amines is 1. The maximum atomic E-state index is 12.4. The number of thioether (sulfide) groups is 1. The minimum atomic E-state index is -0.0940. The number of rotatable bonds is 8. The van der Waals surface area contributed by atoms with E-state index in [-0.39, 0.29) is 11.7 Å². The van der Waals surface area contributed by atoms with E-state index < -0.39 is 0 Å². The number of hydrogen-bond acceptors (Lipinski definition) is 5. The van der Waals surface area contributed by atoms with Gasteiger partial charge in [0.2, 0.25) is 5.91 Å². The topological polar surface area (TPSA) is 84.8 Å². The van der Waals surface area contributed by atoms with Crippen molar-refractivity contribution in [2.75, 3.05) is 17.7 Å².